The van der Waals surface area contributed by atoms with E-state index in [0.29, 0.717) is 0 Å². The van der Waals surface area contributed by atoms with Gasteiger partial charge in [0.25, 0.3) is 0 Å². The minimum Gasteiger partial charge on any atom is -0.293 e. The Morgan fingerprint density at radius 2 is 1.93 bits per heavy atom. The van der Waals surface area contributed by atoms with Crippen LogP contribution < -0.4 is 5.69 Å². The first-order valence-corrected chi connectivity index (χ1v) is 5.09. The second-order valence-electron chi connectivity index (χ2n) is 3.96. The van der Waals surface area contributed by atoms with Crippen molar-refractivity contribution in [3.8, 4) is 0 Å². The van der Waals surface area contributed by atoms with Gasteiger partial charge < -0.3 is 0 Å². The maximum absolute atomic E-state index is 11.7. The van der Waals surface area contributed by atoms with Gasteiger partial charge in [-0.25, -0.2) is 4.79 Å². The molecule has 0 aliphatic heterocycles. The maximum atomic E-state index is 11.7. The summed E-state index contributed by atoms with van der Waals surface area (Å²) >= 11 is 0. The number of benzene rings is 1. The van der Waals surface area contributed by atoms with E-state index in [4.69, 9.17) is 0 Å². The lowest BCUT2D eigenvalue weighted by Crippen LogP contribution is -2.26. The van der Waals surface area contributed by atoms with Crippen LogP contribution in [0.4, 0.5) is 0 Å². The SMILES string of the molecule is Cc1c2ccccc2nc(=O)n1C(C)C. The summed E-state index contributed by atoms with van der Waals surface area (Å²) < 4.78 is 1.72. The molecule has 0 spiro atoms. The average Bonchev–Trinajstić information content (AvgIpc) is 2.17. The first-order valence-electron chi connectivity index (χ1n) is 5.09. The van der Waals surface area contributed by atoms with Gasteiger partial charge in [0, 0.05) is 17.1 Å². The van der Waals surface area contributed by atoms with Crippen molar-refractivity contribution in [3.05, 3.63) is 40.4 Å². The Labute approximate surface area is 88.4 Å². The molecule has 78 valence electrons. The normalized spacial score (nSPS) is 11.2. The van der Waals surface area contributed by atoms with Gasteiger partial charge in [0.2, 0.25) is 0 Å². The predicted molar refractivity (Wildman–Crippen MR) is 61.1 cm³/mol. The highest BCUT2D eigenvalue weighted by molar-refractivity contribution is 5.80. The fourth-order valence-electron chi connectivity index (χ4n) is 1.92. The molecule has 0 saturated heterocycles. The van der Waals surface area contributed by atoms with Crippen molar-refractivity contribution in [2.45, 2.75) is 26.8 Å². The van der Waals surface area contributed by atoms with E-state index in [9.17, 15) is 4.79 Å². The summed E-state index contributed by atoms with van der Waals surface area (Å²) in [5, 5.41) is 1.05. The summed E-state index contributed by atoms with van der Waals surface area (Å²) in [4.78, 5) is 15.8. The maximum Gasteiger partial charge on any atom is 0.348 e. The summed E-state index contributed by atoms with van der Waals surface area (Å²) in [6.07, 6.45) is 0. The van der Waals surface area contributed by atoms with Crippen molar-refractivity contribution in [1.82, 2.24) is 9.55 Å². The number of aryl methyl sites for hydroxylation is 1. The van der Waals surface area contributed by atoms with Crippen LogP contribution in [0.15, 0.2) is 29.1 Å². The van der Waals surface area contributed by atoms with Crippen LogP contribution in [0.3, 0.4) is 0 Å². The fraction of sp³-hybridized carbons (Fsp3) is 0.333. The molecule has 0 saturated carbocycles. The van der Waals surface area contributed by atoms with Crippen molar-refractivity contribution < 1.29 is 0 Å². The van der Waals surface area contributed by atoms with Crippen LogP contribution in [0.2, 0.25) is 0 Å². The zero-order valence-electron chi connectivity index (χ0n) is 9.19. The summed E-state index contributed by atoms with van der Waals surface area (Å²) in [5.74, 6) is 0. The van der Waals surface area contributed by atoms with E-state index in [2.05, 4.69) is 4.98 Å². The lowest BCUT2D eigenvalue weighted by atomic mass is 10.2. The largest absolute Gasteiger partial charge is 0.348 e. The van der Waals surface area contributed by atoms with Crippen molar-refractivity contribution >= 4 is 10.9 Å². The van der Waals surface area contributed by atoms with Crippen molar-refractivity contribution in [2.75, 3.05) is 0 Å². The molecule has 0 atom stereocenters. The zero-order valence-corrected chi connectivity index (χ0v) is 9.19. The molecular weight excluding hydrogens is 188 g/mol. The first kappa shape index (κ1) is 9.90. The van der Waals surface area contributed by atoms with Crippen LogP contribution in [0.1, 0.15) is 25.6 Å². The standard InChI is InChI=1S/C12H14N2O/c1-8(2)14-9(3)10-6-4-5-7-11(10)13-12(14)15/h4-8H,1-3H3. The lowest BCUT2D eigenvalue weighted by Gasteiger charge is -2.14. The van der Waals surface area contributed by atoms with Crippen LogP contribution >= 0.6 is 0 Å². The third kappa shape index (κ3) is 1.54. The van der Waals surface area contributed by atoms with Crippen LogP contribution in [0.5, 0.6) is 0 Å². The van der Waals surface area contributed by atoms with E-state index < -0.39 is 0 Å². The highest BCUT2D eigenvalue weighted by Crippen LogP contribution is 2.15. The van der Waals surface area contributed by atoms with Gasteiger partial charge in [-0.3, -0.25) is 4.57 Å². The smallest absolute Gasteiger partial charge is 0.293 e. The summed E-state index contributed by atoms with van der Waals surface area (Å²) in [7, 11) is 0. The van der Waals surface area contributed by atoms with E-state index in [0.717, 1.165) is 16.6 Å². The van der Waals surface area contributed by atoms with Gasteiger partial charge in [0.05, 0.1) is 5.52 Å². The number of fused-ring (bicyclic) bond motifs is 1. The topological polar surface area (TPSA) is 34.9 Å². The van der Waals surface area contributed by atoms with E-state index in [1.165, 1.54) is 0 Å². The molecule has 1 aromatic heterocycles. The molecular formula is C12H14N2O. The predicted octanol–water partition coefficient (Wildman–Crippen LogP) is 2.29. The number of para-hydroxylation sites is 1. The number of nitrogens with zero attached hydrogens (tertiary/aromatic N) is 2. The third-order valence-corrected chi connectivity index (χ3v) is 2.59. The fourth-order valence-corrected chi connectivity index (χ4v) is 1.92. The van der Waals surface area contributed by atoms with Crippen molar-refractivity contribution in [2.24, 2.45) is 0 Å². The van der Waals surface area contributed by atoms with Gasteiger partial charge in [-0.15, -0.1) is 0 Å². The molecule has 0 amide bonds. The van der Waals surface area contributed by atoms with E-state index in [1.54, 1.807) is 4.57 Å². The molecule has 1 heterocycles. The van der Waals surface area contributed by atoms with E-state index in [1.807, 2.05) is 45.0 Å². The van der Waals surface area contributed by atoms with Crippen LogP contribution in [0, 0.1) is 6.92 Å². The molecule has 2 aromatic rings. The van der Waals surface area contributed by atoms with Gasteiger partial charge in [-0.05, 0) is 26.8 Å². The van der Waals surface area contributed by atoms with Crippen LogP contribution in [-0.2, 0) is 0 Å². The quantitative estimate of drug-likeness (QED) is 0.711. The van der Waals surface area contributed by atoms with Gasteiger partial charge in [-0.1, -0.05) is 18.2 Å². The Hall–Kier alpha value is -1.64. The summed E-state index contributed by atoms with van der Waals surface area (Å²) in [5.41, 5.74) is 1.60. The number of aromatic nitrogens is 2. The second kappa shape index (κ2) is 3.50. The van der Waals surface area contributed by atoms with Crippen molar-refractivity contribution in [1.29, 1.82) is 0 Å². The van der Waals surface area contributed by atoms with E-state index in [-0.39, 0.29) is 11.7 Å². The van der Waals surface area contributed by atoms with Gasteiger partial charge >= 0.3 is 5.69 Å². The van der Waals surface area contributed by atoms with Crippen LogP contribution in [0.25, 0.3) is 10.9 Å². The lowest BCUT2D eigenvalue weighted by molar-refractivity contribution is 0.554. The number of hydrogen-bond donors (Lipinski definition) is 0. The molecule has 15 heavy (non-hydrogen) atoms. The Morgan fingerprint density at radius 3 is 2.60 bits per heavy atom. The van der Waals surface area contributed by atoms with Gasteiger partial charge in [0.1, 0.15) is 0 Å². The highest BCUT2D eigenvalue weighted by atomic mass is 16.1. The first-order chi connectivity index (χ1) is 7.11. The minimum atomic E-state index is -0.166. The highest BCUT2D eigenvalue weighted by Gasteiger charge is 2.09. The third-order valence-electron chi connectivity index (χ3n) is 2.59. The molecule has 2 rings (SSSR count). The van der Waals surface area contributed by atoms with E-state index >= 15 is 0 Å². The monoisotopic (exact) mass is 202 g/mol. The molecule has 0 aliphatic carbocycles. The minimum absolute atomic E-state index is 0.148. The van der Waals surface area contributed by atoms with Gasteiger partial charge in [0.15, 0.2) is 0 Å². The molecule has 3 nitrogen and oxygen atoms in total. The summed E-state index contributed by atoms with van der Waals surface area (Å²) in [6.45, 7) is 5.95. The molecule has 0 unspecified atom stereocenters. The zero-order chi connectivity index (χ0) is 11.0. The number of rotatable bonds is 1. The van der Waals surface area contributed by atoms with Crippen LogP contribution in [-0.4, -0.2) is 9.55 Å². The molecule has 0 bridgehead atoms. The van der Waals surface area contributed by atoms with Gasteiger partial charge in [-0.2, -0.15) is 4.98 Å². The molecule has 0 radical (unpaired) electrons. The van der Waals surface area contributed by atoms with Crippen molar-refractivity contribution in [3.63, 3.8) is 0 Å². The second-order valence-corrected chi connectivity index (χ2v) is 3.96. The Morgan fingerprint density at radius 1 is 1.27 bits per heavy atom. The molecule has 0 aliphatic rings. The molecule has 1 aromatic carbocycles. The Bertz CT molecular complexity index is 555. The Kier molecular flexibility index (Phi) is 2.31. The Balaban J connectivity index is 2.90. The molecule has 0 N–H and O–H groups in total. The molecule has 3 heteroatoms. The number of hydrogen-bond acceptors (Lipinski definition) is 2. The summed E-state index contributed by atoms with van der Waals surface area (Å²) in [6, 6.07) is 7.87. The molecule has 0 fully saturated rings. The average molecular weight is 202 g/mol.